The predicted molar refractivity (Wildman–Crippen MR) is 183 cm³/mol. The van der Waals surface area contributed by atoms with Gasteiger partial charge < -0.3 is 29.8 Å². The minimum Gasteiger partial charge on any atom is -0.449 e. The van der Waals surface area contributed by atoms with Gasteiger partial charge in [-0.05, 0) is 31.9 Å². The van der Waals surface area contributed by atoms with Crippen molar-refractivity contribution in [3.05, 3.63) is 36.1 Å². The molecule has 0 unspecified atom stereocenters. The van der Waals surface area contributed by atoms with Gasteiger partial charge in [-0.3, -0.25) is 4.79 Å². The third-order valence-corrected chi connectivity index (χ3v) is 11.1. The highest BCUT2D eigenvalue weighted by molar-refractivity contribution is 7.89. The first-order valence-corrected chi connectivity index (χ1v) is 18.8. The average molecular weight is 712 g/mol. The van der Waals surface area contributed by atoms with Crippen LogP contribution in [0.4, 0.5) is 9.59 Å². The number of sulfonamides is 2. The van der Waals surface area contributed by atoms with Crippen molar-refractivity contribution in [3.63, 3.8) is 0 Å². The highest BCUT2D eigenvalue weighted by Crippen LogP contribution is 2.44. The normalized spacial score (nSPS) is 12.1. The fourth-order valence-corrected chi connectivity index (χ4v) is 6.27. The lowest BCUT2D eigenvalue weighted by atomic mass is 10.1. The molecule has 3 rings (SSSR count). The lowest BCUT2D eigenvalue weighted by Crippen LogP contribution is -2.33. The summed E-state index contributed by atoms with van der Waals surface area (Å²) in [4.78, 5) is 37.9. The van der Waals surface area contributed by atoms with Gasteiger partial charge in [-0.15, -0.1) is 0 Å². The molecule has 0 spiro atoms. The maximum Gasteiger partial charge on any atom is 0.412 e. The van der Waals surface area contributed by atoms with Gasteiger partial charge in [-0.1, -0.05) is 37.1 Å². The lowest BCUT2D eigenvalue weighted by molar-refractivity contribution is 0.0989. The number of ketones is 1. The van der Waals surface area contributed by atoms with E-state index in [2.05, 4.69) is 16.0 Å². The fourth-order valence-electron chi connectivity index (χ4n) is 4.57. The number of nitrogens with one attached hydrogen (secondary N) is 3. The smallest absolute Gasteiger partial charge is 0.412 e. The van der Waals surface area contributed by atoms with Crippen LogP contribution in [0.15, 0.2) is 34.7 Å². The number of rotatable bonds is 19. The van der Waals surface area contributed by atoms with Crippen LogP contribution in [0.1, 0.15) is 49.6 Å². The molecule has 266 valence electrons. The van der Waals surface area contributed by atoms with Crippen LogP contribution >= 0.6 is 0 Å². The predicted octanol–water partition coefficient (Wildman–Crippen LogP) is 3.29. The monoisotopic (exact) mass is 711 g/mol. The second-order valence-corrected chi connectivity index (χ2v) is 16.1. The molecule has 0 saturated carbocycles. The van der Waals surface area contributed by atoms with Gasteiger partial charge in [0.05, 0.1) is 16.9 Å². The van der Waals surface area contributed by atoms with E-state index in [1.807, 2.05) is 0 Å². The quantitative estimate of drug-likeness (QED) is 0.122. The number of carbonyl (C=O) groups is 3. The standard InChI is InChI=1S/C31H45N5O10S2/c1-22(37)26-21-25-27(45-30(38)33-16-10-6-7-11-19-47(40,41)35(2)3)23-13-8-9-14-24(23)28(29(25)44-26)46-31(39)34-17-12-15-32-18-20-48(42,43)36(4)5/h8-9,13-14,21,32H,6-7,10-12,15-20H2,1-5H3,(H,33,38)(H,34,39). The number of benzene rings is 2. The van der Waals surface area contributed by atoms with Crippen molar-refractivity contribution in [3.8, 4) is 11.5 Å². The number of carbonyl (C=O) groups excluding carboxylic acids is 3. The molecule has 0 aliphatic rings. The Labute approximate surface area is 281 Å². The summed E-state index contributed by atoms with van der Waals surface area (Å²) in [5.41, 5.74) is 0.0493. The summed E-state index contributed by atoms with van der Waals surface area (Å²) in [6.07, 6.45) is 1.53. The molecule has 1 heterocycles. The van der Waals surface area contributed by atoms with Crippen molar-refractivity contribution in [1.29, 1.82) is 0 Å². The largest absolute Gasteiger partial charge is 0.449 e. The molecule has 1 aromatic heterocycles. The molecular formula is C31H45N5O10S2. The fraction of sp³-hybridized carbons (Fsp3) is 0.516. The Morgan fingerprint density at radius 2 is 1.23 bits per heavy atom. The number of unbranched alkanes of at least 4 members (excludes halogenated alkanes) is 3. The molecule has 3 aromatic rings. The maximum atomic E-state index is 12.8. The molecule has 0 saturated heterocycles. The molecule has 17 heteroatoms. The van der Waals surface area contributed by atoms with Gasteiger partial charge >= 0.3 is 12.2 Å². The van der Waals surface area contributed by atoms with Crippen molar-refractivity contribution < 1.29 is 45.1 Å². The summed E-state index contributed by atoms with van der Waals surface area (Å²) in [5, 5.41) is 9.48. The summed E-state index contributed by atoms with van der Waals surface area (Å²) in [5.74, 6) is -0.212. The second kappa shape index (κ2) is 17.6. The Morgan fingerprint density at radius 1 is 0.688 bits per heavy atom. The van der Waals surface area contributed by atoms with Crippen molar-refractivity contribution in [2.24, 2.45) is 0 Å². The topological polar surface area (TPSA) is 194 Å². The molecule has 2 amide bonds. The molecule has 15 nitrogen and oxygen atoms in total. The zero-order valence-corrected chi connectivity index (χ0v) is 29.6. The van der Waals surface area contributed by atoms with Crippen LogP contribution in [-0.4, -0.2) is 109 Å². The molecule has 0 aliphatic heterocycles. The molecule has 0 fully saturated rings. The van der Waals surface area contributed by atoms with Crippen LogP contribution in [0.5, 0.6) is 11.5 Å². The van der Waals surface area contributed by atoms with Crippen molar-refractivity contribution in [1.82, 2.24) is 24.6 Å². The summed E-state index contributed by atoms with van der Waals surface area (Å²) < 4.78 is 67.0. The van der Waals surface area contributed by atoms with Crippen molar-refractivity contribution in [2.75, 3.05) is 65.9 Å². The Morgan fingerprint density at radius 3 is 1.83 bits per heavy atom. The number of ether oxygens (including phenoxy) is 2. The van der Waals surface area contributed by atoms with Crippen LogP contribution in [0.3, 0.4) is 0 Å². The van der Waals surface area contributed by atoms with Gasteiger partial charge in [0, 0.05) is 65.5 Å². The first-order chi connectivity index (χ1) is 22.6. The van der Waals surface area contributed by atoms with E-state index in [4.69, 9.17) is 13.9 Å². The highest BCUT2D eigenvalue weighted by Gasteiger charge is 2.25. The number of furan rings is 1. The van der Waals surface area contributed by atoms with Gasteiger partial charge in [-0.2, -0.15) is 0 Å². The molecule has 0 bridgehead atoms. The zero-order valence-electron chi connectivity index (χ0n) is 28.0. The Hall–Kier alpha value is -3.77. The SMILES string of the molecule is CC(=O)c1cc2c(OC(=O)NCCCCCCS(=O)(=O)N(C)C)c3ccccc3c(OC(=O)NCCCNCCS(=O)(=O)N(C)C)c2o1. The summed E-state index contributed by atoms with van der Waals surface area (Å²) in [6.45, 7) is 2.59. The molecule has 0 atom stereocenters. The van der Waals surface area contributed by atoms with E-state index in [1.165, 1.54) is 45.5 Å². The zero-order chi connectivity index (χ0) is 35.5. The number of hydrogen-bond donors (Lipinski definition) is 3. The van der Waals surface area contributed by atoms with Crippen LogP contribution < -0.4 is 25.4 Å². The van der Waals surface area contributed by atoms with Gasteiger partial charge in [0.1, 0.15) is 0 Å². The third-order valence-electron chi connectivity index (χ3n) is 7.38. The van der Waals surface area contributed by atoms with Crippen LogP contribution in [-0.2, 0) is 20.0 Å². The van der Waals surface area contributed by atoms with Crippen LogP contribution in [0.25, 0.3) is 21.7 Å². The van der Waals surface area contributed by atoms with Crippen LogP contribution in [0, 0.1) is 0 Å². The second-order valence-electron chi connectivity index (χ2n) is 11.5. The van der Waals surface area contributed by atoms with Crippen molar-refractivity contribution in [2.45, 2.75) is 39.0 Å². The molecule has 0 aliphatic carbocycles. The molecule has 2 aromatic carbocycles. The van der Waals surface area contributed by atoms with E-state index >= 15 is 0 Å². The molecule has 0 radical (unpaired) electrons. The number of amides is 2. The first-order valence-electron chi connectivity index (χ1n) is 15.6. The van der Waals surface area contributed by atoms with E-state index in [0.29, 0.717) is 56.0 Å². The van der Waals surface area contributed by atoms with E-state index in [0.717, 1.165) is 4.31 Å². The van der Waals surface area contributed by atoms with Gasteiger partial charge in [-0.25, -0.2) is 35.0 Å². The van der Waals surface area contributed by atoms with Gasteiger partial charge in [0.15, 0.2) is 28.6 Å². The molecule has 3 N–H and O–H groups in total. The maximum absolute atomic E-state index is 12.8. The lowest BCUT2D eigenvalue weighted by Gasteiger charge is -2.14. The van der Waals surface area contributed by atoms with Gasteiger partial charge in [0.25, 0.3) is 0 Å². The third kappa shape index (κ3) is 10.9. The van der Waals surface area contributed by atoms with E-state index in [-0.39, 0.29) is 58.6 Å². The molecular weight excluding hydrogens is 667 g/mol. The van der Waals surface area contributed by atoms with Crippen LogP contribution in [0.2, 0.25) is 0 Å². The first kappa shape index (κ1) is 38.7. The average Bonchev–Trinajstić information content (AvgIpc) is 3.47. The van der Waals surface area contributed by atoms with Gasteiger partial charge in [0.2, 0.25) is 20.0 Å². The van der Waals surface area contributed by atoms with E-state index in [1.54, 1.807) is 24.3 Å². The molecule has 48 heavy (non-hydrogen) atoms. The number of Topliss-reactive ketones (excluding diaryl/α,β-unsaturated/α-hetero) is 1. The number of fused-ring (bicyclic) bond motifs is 2. The minimum absolute atomic E-state index is 0.0190. The highest BCUT2D eigenvalue weighted by atomic mass is 32.2. The van der Waals surface area contributed by atoms with E-state index in [9.17, 15) is 31.2 Å². The number of nitrogens with zero attached hydrogens (tertiary/aromatic N) is 2. The minimum atomic E-state index is -3.30. The summed E-state index contributed by atoms with van der Waals surface area (Å²) in [7, 11) is -0.588. The Balaban J connectivity index is 1.65. The van der Waals surface area contributed by atoms with Crippen molar-refractivity contribution >= 4 is 59.8 Å². The Kier molecular flexibility index (Phi) is 14.2. The van der Waals surface area contributed by atoms with E-state index < -0.39 is 32.2 Å². The summed E-state index contributed by atoms with van der Waals surface area (Å²) >= 11 is 0. The summed E-state index contributed by atoms with van der Waals surface area (Å²) in [6, 6.07) is 8.22. The number of hydrogen-bond acceptors (Lipinski definition) is 11. The Bertz CT molecular complexity index is 1680.